The van der Waals surface area contributed by atoms with Crippen molar-refractivity contribution in [1.82, 2.24) is 10.6 Å². The van der Waals surface area contributed by atoms with E-state index in [0.717, 1.165) is 0 Å². The molecule has 0 spiro atoms. The second kappa shape index (κ2) is 6.78. The van der Waals surface area contributed by atoms with Gasteiger partial charge in [-0.1, -0.05) is 37.6 Å². The zero-order valence-electron chi connectivity index (χ0n) is 11.5. The summed E-state index contributed by atoms with van der Waals surface area (Å²) in [6, 6.07) is 6.64. The number of urea groups is 1. The van der Waals surface area contributed by atoms with Crippen LogP contribution < -0.4 is 10.6 Å². The lowest BCUT2D eigenvalue weighted by Gasteiger charge is -2.24. The van der Waals surface area contributed by atoms with E-state index in [9.17, 15) is 9.90 Å². The smallest absolute Gasteiger partial charge is 0.314 e. The molecule has 1 aromatic carbocycles. The Balaban J connectivity index is 2.50. The van der Waals surface area contributed by atoms with Crippen LogP contribution in [0.5, 0.6) is 0 Å². The van der Waals surface area contributed by atoms with Crippen LogP contribution in [0, 0.1) is 5.92 Å². The second-order valence-electron chi connectivity index (χ2n) is 5.24. The molecule has 1 atom stereocenters. The minimum atomic E-state index is -1.13. The lowest BCUT2D eigenvalue weighted by molar-refractivity contribution is 0.0594. The molecule has 0 aromatic heterocycles. The van der Waals surface area contributed by atoms with E-state index in [1.165, 1.54) is 0 Å². The molecular formula is C14H21ClN2O2. The fraction of sp³-hybridized carbons (Fsp3) is 0.500. The van der Waals surface area contributed by atoms with E-state index in [2.05, 4.69) is 10.6 Å². The van der Waals surface area contributed by atoms with E-state index in [1.54, 1.807) is 31.2 Å². The van der Waals surface area contributed by atoms with Crippen molar-refractivity contribution in [3.63, 3.8) is 0 Å². The number of carbonyl (C=O) groups excluding carboxylic acids is 1. The van der Waals surface area contributed by atoms with Crippen molar-refractivity contribution in [3.8, 4) is 0 Å². The molecule has 0 saturated carbocycles. The third kappa shape index (κ3) is 5.49. The Labute approximate surface area is 119 Å². The lowest BCUT2D eigenvalue weighted by atomic mass is 9.96. The van der Waals surface area contributed by atoms with E-state index < -0.39 is 5.60 Å². The summed E-state index contributed by atoms with van der Waals surface area (Å²) in [5.74, 6) is 0.391. The third-order valence-corrected chi connectivity index (χ3v) is 2.98. The van der Waals surface area contributed by atoms with Crippen LogP contribution in [0.4, 0.5) is 4.79 Å². The van der Waals surface area contributed by atoms with Gasteiger partial charge in [-0.3, -0.25) is 0 Å². The van der Waals surface area contributed by atoms with Crippen molar-refractivity contribution in [2.24, 2.45) is 5.92 Å². The van der Waals surface area contributed by atoms with Gasteiger partial charge in [0.2, 0.25) is 0 Å². The van der Waals surface area contributed by atoms with Gasteiger partial charge in [-0.15, -0.1) is 0 Å². The summed E-state index contributed by atoms with van der Waals surface area (Å²) in [7, 11) is 0. The van der Waals surface area contributed by atoms with E-state index in [0.29, 0.717) is 23.0 Å². The molecule has 106 valence electrons. The van der Waals surface area contributed by atoms with Gasteiger partial charge in [-0.05, 0) is 30.5 Å². The molecular weight excluding hydrogens is 264 g/mol. The van der Waals surface area contributed by atoms with Crippen LogP contribution in [0.2, 0.25) is 5.02 Å². The molecule has 1 aromatic rings. The van der Waals surface area contributed by atoms with Crippen LogP contribution >= 0.6 is 11.6 Å². The van der Waals surface area contributed by atoms with Crippen molar-refractivity contribution in [3.05, 3.63) is 34.9 Å². The van der Waals surface area contributed by atoms with Crippen LogP contribution in [0.25, 0.3) is 0 Å². The highest BCUT2D eigenvalue weighted by Gasteiger charge is 2.23. The average Bonchev–Trinajstić information content (AvgIpc) is 2.34. The average molecular weight is 285 g/mol. The molecule has 5 heteroatoms. The molecule has 0 saturated heterocycles. The summed E-state index contributed by atoms with van der Waals surface area (Å²) in [5.41, 5.74) is -0.416. The first-order chi connectivity index (χ1) is 8.81. The van der Waals surface area contributed by atoms with Crippen LogP contribution in [-0.2, 0) is 5.60 Å². The quantitative estimate of drug-likeness (QED) is 0.778. The summed E-state index contributed by atoms with van der Waals surface area (Å²) in [6.45, 7) is 6.43. The molecule has 4 nitrogen and oxygen atoms in total. The molecule has 1 rings (SSSR count). The molecule has 2 amide bonds. The molecule has 19 heavy (non-hydrogen) atoms. The van der Waals surface area contributed by atoms with Gasteiger partial charge in [0.05, 0.1) is 6.54 Å². The first-order valence-electron chi connectivity index (χ1n) is 6.31. The van der Waals surface area contributed by atoms with Gasteiger partial charge in [0.1, 0.15) is 5.60 Å². The van der Waals surface area contributed by atoms with Gasteiger partial charge in [0.15, 0.2) is 0 Å². The van der Waals surface area contributed by atoms with Crippen LogP contribution in [-0.4, -0.2) is 24.2 Å². The molecule has 3 N–H and O–H groups in total. The molecule has 0 fully saturated rings. The maximum absolute atomic E-state index is 11.5. The molecule has 0 bridgehead atoms. The van der Waals surface area contributed by atoms with Crippen molar-refractivity contribution >= 4 is 17.6 Å². The highest BCUT2D eigenvalue weighted by Crippen LogP contribution is 2.21. The Morgan fingerprint density at radius 3 is 2.42 bits per heavy atom. The van der Waals surface area contributed by atoms with Gasteiger partial charge >= 0.3 is 6.03 Å². The Morgan fingerprint density at radius 2 is 1.89 bits per heavy atom. The van der Waals surface area contributed by atoms with Gasteiger partial charge in [0.25, 0.3) is 0 Å². The largest absolute Gasteiger partial charge is 0.384 e. The lowest BCUT2D eigenvalue weighted by Crippen LogP contribution is -2.44. The number of hydrogen-bond donors (Lipinski definition) is 3. The molecule has 0 aliphatic carbocycles. The van der Waals surface area contributed by atoms with Crippen molar-refractivity contribution in [2.45, 2.75) is 26.4 Å². The van der Waals surface area contributed by atoms with Crippen molar-refractivity contribution < 1.29 is 9.90 Å². The van der Waals surface area contributed by atoms with E-state index in [1.807, 2.05) is 13.8 Å². The highest BCUT2D eigenvalue weighted by atomic mass is 35.5. The molecule has 0 heterocycles. The molecule has 1 unspecified atom stereocenters. The number of aliphatic hydroxyl groups is 1. The first-order valence-corrected chi connectivity index (χ1v) is 6.69. The zero-order valence-corrected chi connectivity index (χ0v) is 12.3. The fourth-order valence-corrected chi connectivity index (χ4v) is 1.65. The zero-order chi connectivity index (χ0) is 14.5. The normalized spacial score (nSPS) is 14.0. The number of nitrogens with one attached hydrogen (secondary N) is 2. The van der Waals surface area contributed by atoms with Gasteiger partial charge < -0.3 is 15.7 Å². The minimum absolute atomic E-state index is 0.137. The maximum atomic E-state index is 11.5. The molecule has 0 aliphatic rings. The summed E-state index contributed by atoms with van der Waals surface area (Å²) >= 11 is 5.80. The number of amides is 2. The van der Waals surface area contributed by atoms with Gasteiger partial charge in [0, 0.05) is 11.6 Å². The number of benzene rings is 1. The van der Waals surface area contributed by atoms with Crippen LogP contribution in [0.3, 0.4) is 0 Å². The second-order valence-corrected chi connectivity index (χ2v) is 5.67. The Kier molecular flexibility index (Phi) is 5.63. The van der Waals surface area contributed by atoms with E-state index in [4.69, 9.17) is 11.6 Å². The molecule has 0 aliphatic heterocycles. The minimum Gasteiger partial charge on any atom is -0.384 e. The summed E-state index contributed by atoms with van der Waals surface area (Å²) in [4.78, 5) is 11.5. The Bertz CT molecular complexity index is 416. The monoisotopic (exact) mass is 284 g/mol. The summed E-state index contributed by atoms with van der Waals surface area (Å²) < 4.78 is 0. The van der Waals surface area contributed by atoms with Crippen molar-refractivity contribution in [1.29, 1.82) is 0 Å². The highest BCUT2D eigenvalue weighted by molar-refractivity contribution is 6.30. The van der Waals surface area contributed by atoms with Crippen LogP contribution in [0.15, 0.2) is 24.3 Å². The Hall–Kier alpha value is -1.26. The topological polar surface area (TPSA) is 61.4 Å². The molecule has 0 radical (unpaired) electrons. The number of halogens is 1. The van der Waals surface area contributed by atoms with Gasteiger partial charge in [-0.2, -0.15) is 0 Å². The maximum Gasteiger partial charge on any atom is 0.314 e. The number of hydrogen-bond acceptors (Lipinski definition) is 2. The SMILES string of the molecule is CC(C)CNC(=O)NCC(C)(O)c1ccc(Cl)cc1. The predicted molar refractivity (Wildman–Crippen MR) is 77.3 cm³/mol. The summed E-state index contributed by atoms with van der Waals surface area (Å²) in [5, 5.41) is 16.3. The van der Waals surface area contributed by atoms with E-state index in [-0.39, 0.29) is 12.6 Å². The predicted octanol–water partition coefficient (Wildman–Crippen LogP) is 2.50. The van der Waals surface area contributed by atoms with Crippen LogP contribution in [0.1, 0.15) is 26.3 Å². The van der Waals surface area contributed by atoms with E-state index >= 15 is 0 Å². The third-order valence-electron chi connectivity index (χ3n) is 2.73. The number of rotatable bonds is 5. The standard InChI is InChI=1S/C14H21ClN2O2/c1-10(2)8-16-13(18)17-9-14(3,19)11-4-6-12(15)7-5-11/h4-7,10,19H,8-9H2,1-3H3,(H2,16,17,18). The van der Waals surface area contributed by atoms with Crippen molar-refractivity contribution in [2.75, 3.05) is 13.1 Å². The fourth-order valence-electron chi connectivity index (χ4n) is 1.52. The van der Waals surface area contributed by atoms with Gasteiger partial charge in [-0.25, -0.2) is 4.79 Å². The first kappa shape index (κ1) is 15.8. The number of carbonyl (C=O) groups is 1. The Morgan fingerprint density at radius 1 is 1.32 bits per heavy atom. The summed E-state index contributed by atoms with van der Waals surface area (Å²) in [6.07, 6.45) is 0.